The lowest BCUT2D eigenvalue weighted by Crippen LogP contribution is -2.36. The van der Waals surface area contributed by atoms with E-state index in [4.69, 9.17) is 10.4 Å². The van der Waals surface area contributed by atoms with Crippen molar-refractivity contribution in [2.24, 2.45) is 4.99 Å². The SMILES string of the molecule is N=C1C=CC=C/C1=C(/N=C/c1ccc(-c2ccc3c(c2)C2(c4ccccc4-3)c3ccccc3N(c3ccccc3)c3ccccc32)cc1)c1ccc(-c2ccccc2)cc1. The van der Waals surface area contributed by atoms with Crippen LogP contribution in [0.15, 0.2) is 235 Å². The number of benzene rings is 8. The number of allylic oxidation sites excluding steroid dienone is 5. The topological polar surface area (TPSA) is 39.5 Å². The largest absolute Gasteiger partial charge is 0.310 e. The average Bonchev–Trinajstić information content (AvgIpc) is 3.61. The first-order valence-corrected chi connectivity index (χ1v) is 20.5. The van der Waals surface area contributed by atoms with Gasteiger partial charge in [0.1, 0.15) is 0 Å². The van der Waals surface area contributed by atoms with Gasteiger partial charge in [0.15, 0.2) is 0 Å². The number of hydrogen-bond donors (Lipinski definition) is 1. The van der Waals surface area contributed by atoms with Crippen LogP contribution < -0.4 is 4.90 Å². The molecule has 11 rings (SSSR count). The van der Waals surface area contributed by atoms with Crippen molar-refractivity contribution < 1.29 is 0 Å². The van der Waals surface area contributed by atoms with Gasteiger partial charge in [0.2, 0.25) is 0 Å². The molecule has 282 valence electrons. The van der Waals surface area contributed by atoms with E-state index in [9.17, 15) is 0 Å². The lowest BCUT2D eigenvalue weighted by Gasteiger charge is -2.45. The molecule has 1 spiro atoms. The second-order valence-corrected chi connectivity index (χ2v) is 15.5. The first-order valence-electron chi connectivity index (χ1n) is 20.5. The van der Waals surface area contributed by atoms with E-state index in [-0.39, 0.29) is 0 Å². The number of para-hydroxylation sites is 3. The zero-order valence-corrected chi connectivity index (χ0v) is 32.8. The Morgan fingerprint density at radius 2 is 1.00 bits per heavy atom. The van der Waals surface area contributed by atoms with Gasteiger partial charge >= 0.3 is 0 Å². The molecule has 0 fully saturated rings. The Morgan fingerprint density at radius 3 is 1.70 bits per heavy atom. The molecular formula is C57H39N3. The molecule has 3 aliphatic rings. The van der Waals surface area contributed by atoms with Crippen molar-refractivity contribution >= 4 is 34.7 Å². The van der Waals surface area contributed by atoms with Gasteiger partial charge in [0, 0.05) is 23.0 Å². The van der Waals surface area contributed by atoms with E-state index in [1.807, 2.05) is 36.6 Å². The summed E-state index contributed by atoms with van der Waals surface area (Å²) in [6.45, 7) is 0. The number of nitrogens with zero attached hydrogens (tertiary/aromatic N) is 2. The van der Waals surface area contributed by atoms with Crippen LogP contribution in [0.25, 0.3) is 39.1 Å². The minimum absolute atomic E-state index is 0.444. The van der Waals surface area contributed by atoms with Crippen molar-refractivity contribution in [2.45, 2.75) is 5.41 Å². The summed E-state index contributed by atoms with van der Waals surface area (Å²) in [4.78, 5) is 7.49. The monoisotopic (exact) mass is 765 g/mol. The molecule has 60 heavy (non-hydrogen) atoms. The van der Waals surface area contributed by atoms with Gasteiger partial charge in [0.25, 0.3) is 0 Å². The minimum atomic E-state index is -0.507. The first kappa shape index (κ1) is 35.3. The van der Waals surface area contributed by atoms with Crippen molar-refractivity contribution in [2.75, 3.05) is 4.90 Å². The Balaban J connectivity index is 0.989. The number of aliphatic imine (C=N–C) groups is 1. The number of fused-ring (bicyclic) bond motifs is 9. The Bertz CT molecular complexity index is 3030. The molecule has 0 unspecified atom stereocenters. The smallest absolute Gasteiger partial charge is 0.0795 e. The summed E-state index contributed by atoms with van der Waals surface area (Å²) in [5.74, 6) is 0. The second kappa shape index (κ2) is 14.5. The quantitative estimate of drug-likeness (QED) is 0.168. The van der Waals surface area contributed by atoms with Crippen LogP contribution in [0.1, 0.15) is 33.4 Å². The maximum Gasteiger partial charge on any atom is 0.0795 e. The third-order valence-electron chi connectivity index (χ3n) is 12.2. The van der Waals surface area contributed by atoms with E-state index in [0.717, 1.165) is 39.2 Å². The predicted octanol–water partition coefficient (Wildman–Crippen LogP) is 14.1. The van der Waals surface area contributed by atoms with Crippen LogP contribution in [0.4, 0.5) is 17.1 Å². The van der Waals surface area contributed by atoms with Crippen LogP contribution in [-0.2, 0) is 5.41 Å². The van der Waals surface area contributed by atoms with E-state index in [1.165, 1.54) is 55.9 Å². The summed E-state index contributed by atoms with van der Waals surface area (Å²) < 4.78 is 0. The van der Waals surface area contributed by atoms with Gasteiger partial charge < -0.3 is 10.3 Å². The molecule has 0 atom stereocenters. The number of rotatable bonds is 6. The molecule has 1 N–H and O–H groups in total. The van der Waals surface area contributed by atoms with Crippen molar-refractivity contribution in [3.05, 3.63) is 263 Å². The molecule has 0 saturated heterocycles. The maximum atomic E-state index is 8.73. The lowest BCUT2D eigenvalue weighted by atomic mass is 9.64. The van der Waals surface area contributed by atoms with Gasteiger partial charge in [-0.05, 0) is 97.6 Å². The van der Waals surface area contributed by atoms with Crippen LogP contribution in [-0.4, -0.2) is 11.9 Å². The molecule has 2 aliphatic carbocycles. The predicted molar refractivity (Wildman–Crippen MR) is 250 cm³/mol. The van der Waals surface area contributed by atoms with Gasteiger partial charge in [-0.15, -0.1) is 0 Å². The second-order valence-electron chi connectivity index (χ2n) is 15.5. The Morgan fingerprint density at radius 1 is 0.467 bits per heavy atom. The van der Waals surface area contributed by atoms with Crippen molar-refractivity contribution in [1.29, 1.82) is 5.41 Å². The molecule has 3 nitrogen and oxygen atoms in total. The Labute approximate surface area is 350 Å². The van der Waals surface area contributed by atoms with Gasteiger partial charge in [-0.1, -0.05) is 188 Å². The van der Waals surface area contributed by atoms with Crippen LogP contribution in [0.5, 0.6) is 0 Å². The van der Waals surface area contributed by atoms with Gasteiger partial charge in [-0.25, -0.2) is 0 Å². The molecule has 1 aliphatic heterocycles. The highest BCUT2D eigenvalue weighted by Gasteiger charge is 2.51. The summed E-state index contributed by atoms with van der Waals surface area (Å²) >= 11 is 0. The van der Waals surface area contributed by atoms with E-state index in [2.05, 4.69) is 199 Å². The summed E-state index contributed by atoms with van der Waals surface area (Å²) in [5.41, 5.74) is 19.3. The maximum absolute atomic E-state index is 8.73. The number of nitrogens with one attached hydrogen (secondary N) is 1. The third-order valence-corrected chi connectivity index (χ3v) is 12.2. The van der Waals surface area contributed by atoms with E-state index >= 15 is 0 Å². The fraction of sp³-hybridized carbons (Fsp3) is 0.0175. The average molecular weight is 766 g/mol. The zero-order chi connectivity index (χ0) is 40.0. The fourth-order valence-corrected chi connectivity index (χ4v) is 9.48. The van der Waals surface area contributed by atoms with Gasteiger partial charge in [-0.2, -0.15) is 0 Å². The van der Waals surface area contributed by atoms with E-state index in [0.29, 0.717) is 5.71 Å². The highest BCUT2D eigenvalue weighted by molar-refractivity contribution is 6.15. The Kier molecular flexibility index (Phi) is 8.53. The molecule has 1 heterocycles. The van der Waals surface area contributed by atoms with Crippen molar-refractivity contribution in [1.82, 2.24) is 0 Å². The zero-order valence-electron chi connectivity index (χ0n) is 32.8. The summed E-state index contributed by atoms with van der Waals surface area (Å²) in [6, 6.07) is 72.1. The number of anilines is 3. The van der Waals surface area contributed by atoms with Crippen molar-refractivity contribution in [3.63, 3.8) is 0 Å². The van der Waals surface area contributed by atoms with Crippen LogP contribution >= 0.6 is 0 Å². The van der Waals surface area contributed by atoms with Crippen molar-refractivity contribution in [3.8, 4) is 33.4 Å². The normalized spacial score (nSPS) is 15.1. The van der Waals surface area contributed by atoms with Gasteiger partial charge in [-0.3, -0.25) is 4.99 Å². The minimum Gasteiger partial charge on any atom is -0.310 e. The number of hydrogen-bond acceptors (Lipinski definition) is 3. The summed E-state index contributed by atoms with van der Waals surface area (Å²) in [7, 11) is 0. The molecule has 0 bridgehead atoms. The lowest BCUT2D eigenvalue weighted by molar-refractivity contribution is 0.753. The van der Waals surface area contributed by atoms with Crippen LogP contribution in [0.2, 0.25) is 0 Å². The summed E-state index contributed by atoms with van der Waals surface area (Å²) in [6.07, 6.45) is 9.58. The first-order chi connectivity index (χ1) is 29.7. The highest BCUT2D eigenvalue weighted by atomic mass is 15.2. The molecule has 0 amide bonds. The van der Waals surface area contributed by atoms with Gasteiger partial charge in [0.05, 0.1) is 28.2 Å². The molecule has 0 saturated carbocycles. The van der Waals surface area contributed by atoms with E-state index < -0.39 is 5.41 Å². The van der Waals surface area contributed by atoms with Crippen LogP contribution in [0.3, 0.4) is 0 Å². The van der Waals surface area contributed by atoms with E-state index in [1.54, 1.807) is 0 Å². The molecule has 8 aromatic carbocycles. The molecule has 8 aromatic rings. The van der Waals surface area contributed by atoms with Crippen LogP contribution in [0, 0.1) is 5.41 Å². The molecule has 0 aromatic heterocycles. The third kappa shape index (κ3) is 5.66. The Hall–Kier alpha value is -7.88. The summed E-state index contributed by atoms with van der Waals surface area (Å²) in [5, 5.41) is 8.73. The fourth-order valence-electron chi connectivity index (χ4n) is 9.48. The molecule has 0 radical (unpaired) electrons. The standard InChI is InChI=1S/C57H39N3/c58-53-24-12-8-20-48(53)56(43-33-31-41(32-34-43)40-15-3-1-4-16-40)59-38-39-27-29-42(30-28-39)44-35-36-47-46-19-7-9-21-49(46)57(52(47)37-44)50-22-10-13-25-54(50)60(45-17-5-2-6-18-45)55-26-14-11-23-51(55)57/h1-38,58H/b56-48-,58-53?,59-38+. The molecular weight excluding hydrogens is 727 g/mol. The molecule has 3 heteroatoms. The highest BCUT2D eigenvalue weighted by Crippen LogP contribution is 2.63.